The fraction of sp³-hybridized carbons (Fsp3) is 0.619. The smallest absolute Gasteiger partial charge is 0.334 e. The molecule has 2 aromatic heterocycles. The number of carbonyl (C=O) groups is 1. The van der Waals surface area contributed by atoms with Gasteiger partial charge in [0.2, 0.25) is 0 Å². The molecule has 0 saturated carbocycles. The fourth-order valence-corrected chi connectivity index (χ4v) is 8.04. The second kappa shape index (κ2) is 9.03. The molecule has 2 aliphatic rings. The molecule has 32 heavy (non-hydrogen) atoms. The van der Waals surface area contributed by atoms with Crippen molar-refractivity contribution in [2.24, 2.45) is 12.8 Å². The van der Waals surface area contributed by atoms with Gasteiger partial charge in [-0.3, -0.25) is 4.68 Å². The van der Waals surface area contributed by atoms with Gasteiger partial charge in [-0.2, -0.15) is 17.8 Å². The third-order valence-electron chi connectivity index (χ3n) is 6.29. The summed E-state index contributed by atoms with van der Waals surface area (Å²) < 4.78 is 32.3. The van der Waals surface area contributed by atoms with Crippen LogP contribution in [0.15, 0.2) is 12.4 Å². The van der Waals surface area contributed by atoms with Gasteiger partial charge in [-0.25, -0.2) is 9.10 Å². The van der Waals surface area contributed by atoms with E-state index in [0.717, 1.165) is 53.4 Å². The molecule has 9 nitrogen and oxygen atoms in total. The first-order chi connectivity index (χ1) is 15.2. The highest BCUT2D eigenvalue weighted by Gasteiger charge is 2.42. The van der Waals surface area contributed by atoms with E-state index >= 15 is 0 Å². The van der Waals surface area contributed by atoms with E-state index in [1.807, 2.05) is 14.0 Å². The SMILES string of the molecule is CCc1sc2c(c1N(C(N)=O)S(=O)(=O)N(c1cnn(C)c1)C1CCCN(C)C1)CCCC2. The van der Waals surface area contributed by atoms with Crippen molar-refractivity contribution >= 4 is 39.0 Å². The Kier molecular flexibility index (Phi) is 6.51. The average Bonchev–Trinajstić information content (AvgIpc) is 3.31. The van der Waals surface area contributed by atoms with Crippen LogP contribution in [0.4, 0.5) is 16.2 Å². The van der Waals surface area contributed by atoms with Crippen LogP contribution in [0.5, 0.6) is 0 Å². The molecule has 0 aromatic carbocycles. The van der Waals surface area contributed by atoms with Crippen molar-refractivity contribution in [3.05, 3.63) is 27.7 Å². The Bertz CT molecular complexity index is 1090. The lowest BCUT2D eigenvalue weighted by atomic mass is 9.97. The second-order valence-corrected chi connectivity index (χ2v) is 11.5. The number of aromatic nitrogens is 2. The number of fused-ring (bicyclic) bond motifs is 1. The molecule has 0 spiro atoms. The third kappa shape index (κ3) is 4.13. The first-order valence-electron chi connectivity index (χ1n) is 11.2. The minimum atomic E-state index is -4.30. The highest BCUT2D eigenvalue weighted by Crippen LogP contribution is 2.43. The molecule has 0 radical (unpaired) electrons. The zero-order valence-corrected chi connectivity index (χ0v) is 20.6. The van der Waals surface area contributed by atoms with Crippen molar-refractivity contribution in [2.45, 2.75) is 57.9 Å². The van der Waals surface area contributed by atoms with Crippen molar-refractivity contribution in [3.8, 4) is 0 Å². The Morgan fingerprint density at radius 3 is 2.66 bits per heavy atom. The second-order valence-electron chi connectivity index (χ2n) is 8.67. The van der Waals surface area contributed by atoms with Gasteiger partial charge in [0.15, 0.2) is 0 Å². The number of nitrogens with two attached hydrogens (primary N) is 1. The molecule has 2 N–H and O–H groups in total. The zero-order valence-electron chi connectivity index (χ0n) is 19.0. The molecule has 2 amide bonds. The predicted molar refractivity (Wildman–Crippen MR) is 128 cm³/mol. The standard InChI is InChI=1S/C21H32N6O3S2/c1-4-18-20(17-9-5-6-10-19(17)31-18)27(21(22)28)32(29,30)26(16-12-23-25(3)14-16)15-8-7-11-24(2)13-15/h12,14-15H,4-11,13H2,1-3H3,(H2,22,28). The summed E-state index contributed by atoms with van der Waals surface area (Å²) in [6, 6.07) is -1.28. The lowest BCUT2D eigenvalue weighted by molar-refractivity contribution is 0.252. The van der Waals surface area contributed by atoms with Gasteiger partial charge in [0.25, 0.3) is 0 Å². The number of urea groups is 1. The lowest BCUT2D eigenvalue weighted by Gasteiger charge is -2.39. The van der Waals surface area contributed by atoms with Crippen LogP contribution in [0.1, 0.15) is 47.9 Å². The number of likely N-dealkylation sites (N-methyl/N-ethyl adjacent to an activating group) is 1. The van der Waals surface area contributed by atoms with Crippen LogP contribution < -0.4 is 14.3 Å². The minimum Gasteiger partial charge on any atom is -0.350 e. The molecule has 0 bridgehead atoms. The van der Waals surface area contributed by atoms with Crippen LogP contribution >= 0.6 is 11.3 Å². The lowest BCUT2D eigenvalue weighted by Crippen LogP contribution is -2.56. The number of primary amides is 1. The Morgan fingerprint density at radius 2 is 2.03 bits per heavy atom. The molecule has 11 heteroatoms. The largest absolute Gasteiger partial charge is 0.350 e. The number of aryl methyl sites for hydroxylation is 3. The van der Waals surface area contributed by atoms with E-state index in [4.69, 9.17) is 5.73 Å². The van der Waals surface area contributed by atoms with Crippen LogP contribution in [0.25, 0.3) is 0 Å². The van der Waals surface area contributed by atoms with Gasteiger partial charge in [-0.15, -0.1) is 11.3 Å². The Morgan fingerprint density at radius 1 is 1.28 bits per heavy atom. The maximum Gasteiger partial charge on any atom is 0.334 e. The molecule has 4 rings (SSSR count). The molecule has 176 valence electrons. The van der Waals surface area contributed by atoms with E-state index in [1.54, 1.807) is 29.3 Å². The highest BCUT2D eigenvalue weighted by molar-refractivity contribution is 7.95. The first kappa shape index (κ1) is 23.1. The maximum absolute atomic E-state index is 14.2. The third-order valence-corrected chi connectivity index (χ3v) is 9.55. The van der Waals surface area contributed by atoms with E-state index in [0.29, 0.717) is 30.8 Å². The first-order valence-corrected chi connectivity index (χ1v) is 13.4. The number of amides is 2. The van der Waals surface area contributed by atoms with Crippen LogP contribution in [-0.4, -0.2) is 55.3 Å². The van der Waals surface area contributed by atoms with E-state index < -0.39 is 16.2 Å². The molecular formula is C21H32N6O3S2. The Balaban J connectivity index is 1.86. The molecule has 1 saturated heterocycles. The van der Waals surface area contributed by atoms with Gasteiger partial charge in [-0.05, 0) is 64.1 Å². The summed E-state index contributed by atoms with van der Waals surface area (Å²) in [5.41, 5.74) is 7.70. The van der Waals surface area contributed by atoms with Gasteiger partial charge in [0, 0.05) is 29.5 Å². The number of rotatable bonds is 6. The van der Waals surface area contributed by atoms with Crippen LogP contribution in [-0.2, 0) is 36.5 Å². The minimum absolute atomic E-state index is 0.315. The maximum atomic E-state index is 14.2. The normalized spacial score (nSPS) is 19.5. The topological polar surface area (TPSA) is 105 Å². The van der Waals surface area contributed by atoms with Crippen molar-refractivity contribution in [1.82, 2.24) is 14.7 Å². The number of anilines is 2. The number of hydrogen-bond acceptors (Lipinski definition) is 6. The van der Waals surface area contributed by atoms with Gasteiger partial charge in [0.1, 0.15) is 0 Å². The summed E-state index contributed by atoms with van der Waals surface area (Å²) in [6.45, 7) is 3.47. The number of likely N-dealkylation sites (tertiary alicyclic amines) is 1. The summed E-state index contributed by atoms with van der Waals surface area (Å²) in [7, 11) is -0.565. The van der Waals surface area contributed by atoms with Crippen LogP contribution in [0.2, 0.25) is 0 Å². The number of hydrogen-bond donors (Lipinski definition) is 1. The predicted octanol–water partition coefficient (Wildman–Crippen LogP) is 2.65. The molecule has 1 fully saturated rings. The molecule has 1 aliphatic carbocycles. The number of thiophene rings is 1. The monoisotopic (exact) mass is 480 g/mol. The van der Waals surface area contributed by atoms with Crippen molar-refractivity contribution in [1.29, 1.82) is 0 Å². The zero-order chi connectivity index (χ0) is 23.0. The van der Waals surface area contributed by atoms with Crippen molar-refractivity contribution in [2.75, 3.05) is 28.7 Å². The van der Waals surface area contributed by atoms with E-state index in [9.17, 15) is 13.2 Å². The average molecular weight is 481 g/mol. The van der Waals surface area contributed by atoms with Gasteiger partial charge >= 0.3 is 16.2 Å². The molecule has 3 heterocycles. The van der Waals surface area contributed by atoms with Crippen LogP contribution in [0, 0.1) is 0 Å². The van der Waals surface area contributed by atoms with Gasteiger partial charge in [0.05, 0.1) is 23.6 Å². The van der Waals surface area contributed by atoms with E-state index in [2.05, 4.69) is 10.00 Å². The summed E-state index contributed by atoms with van der Waals surface area (Å²) in [5, 5.41) is 4.20. The van der Waals surface area contributed by atoms with E-state index in [-0.39, 0.29) is 6.04 Å². The summed E-state index contributed by atoms with van der Waals surface area (Å²) in [6.07, 6.45) is 9.17. The van der Waals surface area contributed by atoms with E-state index in [1.165, 1.54) is 15.4 Å². The summed E-state index contributed by atoms with van der Waals surface area (Å²) in [4.78, 5) is 17.0. The number of piperidine rings is 1. The molecule has 1 aliphatic heterocycles. The molecular weight excluding hydrogens is 448 g/mol. The van der Waals surface area contributed by atoms with Gasteiger partial charge in [-0.1, -0.05) is 6.92 Å². The number of carbonyl (C=O) groups excluding carboxylic acids is 1. The Hall–Kier alpha value is -2.11. The summed E-state index contributed by atoms with van der Waals surface area (Å²) in [5.74, 6) is 0. The molecule has 1 atom stereocenters. The molecule has 2 aromatic rings. The quantitative estimate of drug-likeness (QED) is 0.684. The van der Waals surface area contributed by atoms with Gasteiger partial charge < -0.3 is 10.6 Å². The molecule has 1 unspecified atom stereocenters. The highest BCUT2D eigenvalue weighted by atomic mass is 32.2. The van der Waals surface area contributed by atoms with Crippen molar-refractivity contribution in [3.63, 3.8) is 0 Å². The Labute approximate surface area is 194 Å². The van der Waals surface area contributed by atoms with Crippen molar-refractivity contribution < 1.29 is 13.2 Å². The fourth-order valence-electron chi connectivity index (χ4n) is 4.89. The summed E-state index contributed by atoms with van der Waals surface area (Å²) >= 11 is 1.61. The van der Waals surface area contributed by atoms with Crippen LogP contribution in [0.3, 0.4) is 0 Å². The number of nitrogens with zero attached hydrogens (tertiary/aromatic N) is 5.